The molecule has 27 heavy (non-hydrogen) atoms. The van der Waals surface area contributed by atoms with Crippen LogP contribution in [0, 0.1) is 5.92 Å². The molecule has 1 N–H and O–H groups in total. The Labute approximate surface area is 165 Å². The summed E-state index contributed by atoms with van der Waals surface area (Å²) in [6, 6.07) is 17.9. The van der Waals surface area contributed by atoms with Crippen LogP contribution >= 0.6 is 12.6 Å². The third kappa shape index (κ3) is 4.53. The van der Waals surface area contributed by atoms with Crippen molar-refractivity contribution in [3.05, 3.63) is 71.3 Å². The molecule has 1 aliphatic heterocycles. The van der Waals surface area contributed by atoms with Gasteiger partial charge in [-0.15, -0.1) is 0 Å². The first-order valence-electron chi connectivity index (χ1n) is 9.26. The van der Waals surface area contributed by atoms with Gasteiger partial charge >= 0.3 is 5.97 Å². The summed E-state index contributed by atoms with van der Waals surface area (Å²) in [4.78, 5) is 25.7. The predicted molar refractivity (Wildman–Crippen MR) is 109 cm³/mol. The number of likely N-dealkylation sites (tertiary alicyclic amines) is 1. The molecule has 1 saturated heterocycles. The van der Waals surface area contributed by atoms with Gasteiger partial charge in [-0.25, -0.2) is 4.79 Å². The van der Waals surface area contributed by atoms with Gasteiger partial charge in [-0.1, -0.05) is 61.5 Å². The maximum absolute atomic E-state index is 12.5. The number of carbonyl (C=O) groups excluding carboxylic acids is 1. The fraction of sp³-hybridized carbons (Fsp3) is 0.364. The lowest BCUT2D eigenvalue weighted by Gasteiger charge is -2.24. The van der Waals surface area contributed by atoms with Crippen LogP contribution in [-0.4, -0.2) is 40.2 Å². The van der Waals surface area contributed by atoms with E-state index in [1.165, 1.54) is 16.0 Å². The highest BCUT2D eigenvalue weighted by atomic mass is 32.1. The minimum absolute atomic E-state index is 0.0490. The van der Waals surface area contributed by atoms with Gasteiger partial charge in [0.05, 0.1) is 0 Å². The Kier molecular flexibility index (Phi) is 6.22. The molecule has 1 heterocycles. The summed E-state index contributed by atoms with van der Waals surface area (Å²) in [7, 11) is 0. The fourth-order valence-electron chi connectivity index (χ4n) is 3.66. The zero-order valence-corrected chi connectivity index (χ0v) is 16.3. The normalized spacial score (nSPS) is 20.4. The van der Waals surface area contributed by atoms with E-state index >= 15 is 0 Å². The SMILES string of the molecule is CC(CS)C(=O)N1CC(c2ccc(Cc3ccccc3)cc2)C[C@H]1C(=O)O. The Morgan fingerprint density at radius 2 is 1.74 bits per heavy atom. The molecule has 2 aromatic carbocycles. The largest absolute Gasteiger partial charge is 0.480 e. The summed E-state index contributed by atoms with van der Waals surface area (Å²) >= 11 is 4.18. The summed E-state index contributed by atoms with van der Waals surface area (Å²) in [5.41, 5.74) is 3.57. The highest BCUT2D eigenvalue weighted by Gasteiger charge is 2.41. The van der Waals surface area contributed by atoms with Gasteiger partial charge in [-0.05, 0) is 29.5 Å². The molecule has 1 aliphatic rings. The molecule has 2 unspecified atom stereocenters. The molecule has 0 radical (unpaired) electrons. The van der Waals surface area contributed by atoms with E-state index in [0.717, 1.165) is 12.0 Å². The highest BCUT2D eigenvalue weighted by molar-refractivity contribution is 7.80. The predicted octanol–water partition coefficient (Wildman–Crippen LogP) is 3.61. The maximum atomic E-state index is 12.5. The molecule has 4 nitrogen and oxygen atoms in total. The summed E-state index contributed by atoms with van der Waals surface area (Å²) in [5.74, 6) is -0.866. The van der Waals surface area contributed by atoms with Crippen molar-refractivity contribution in [1.29, 1.82) is 0 Å². The van der Waals surface area contributed by atoms with Crippen LogP contribution in [0.5, 0.6) is 0 Å². The molecule has 0 spiro atoms. The summed E-state index contributed by atoms with van der Waals surface area (Å²) < 4.78 is 0. The van der Waals surface area contributed by atoms with Crippen LogP contribution in [0.3, 0.4) is 0 Å². The second-order valence-corrected chi connectivity index (χ2v) is 7.63. The van der Waals surface area contributed by atoms with E-state index in [0.29, 0.717) is 18.7 Å². The first-order chi connectivity index (χ1) is 13.0. The Morgan fingerprint density at radius 3 is 2.33 bits per heavy atom. The average Bonchev–Trinajstić information content (AvgIpc) is 3.14. The van der Waals surface area contributed by atoms with E-state index in [4.69, 9.17) is 0 Å². The van der Waals surface area contributed by atoms with Crippen LogP contribution in [0.2, 0.25) is 0 Å². The van der Waals surface area contributed by atoms with Crippen molar-refractivity contribution in [2.24, 2.45) is 5.92 Å². The number of benzene rings is 2. The number of nitrogens with zero attached hydrogens (tertiary/aromatic N) is 1. The summed E-state index contributed by atoms with van der Waals surface area (Å²) in [6.07, 6.45) is 1.33. The van der Waals surface area contributed by atoms with Crippen molar-refractivity contribution in [3.63, 3.8) is 0 Å². The molecule has 0 aromatic heterocycles. The monoisotopic (exact) mass is 383 g/mol. The zero-order chi connectivity index (χ0) is 19.4. The molecule has 0 bridgehead atoms. The van der Waals surface area contributed by atoms with E-state index < -0.39 is 12.0 Å². The number of carboxylic acids is 1. The molecule has 3 rings (SSSR count). The molecule has 5 heteroatoms. The Morgan fingerprint density at radius 1 is 1.11 bits per heavy atom. The minimum atomic E-state index is -0.932. The van der Waals surface area contributed by atoms with Crippen molar-refractivity contribution in [2.45, 2.75) is 31.7 Å². The van der Waals surface area contributed by atoms with E-state index in [9.17, 15) is 14.7 Å². The number of rotatable bonds is 6. The lowest BCUT2D eigenvalue weighted by molar-refractivity contribution is -0.149. The topological polar surface area (TPSA) is 57.6 Å². The number of thiol groups is 1. The van der Waals surface area contributed by atoms with Gasteiger partial charge in [0.1, 0.15) is 6.04 Å². The number of hydrogen-bond donors (Lipinski definition) is 2. The molecular weight excluding hydrogens is 358 g/mol. The molecule has 1 fully saturated rings. The third-order valence-corrected chi connectivity index (χ3v) is 5.81. The first-order valence-corrected chi connectivity index (χ1v) is 9.89. The van der Waals surface area contributed by atoms with Crippen LogP contribution in [0.4, 0.5) is 0 Å². The molecule has 3 atom stereocenters. The number of carbonyl (C=O) groups is 2. The van der Waals surface area contributed by atoms with Crippen LogP contribution in [0.15, 0.2) is 54.6 Å². The maximum Gasteiger partial charge on any atom is 0.326 e. The minimum Gasteiger partial charge on any atom is -0.480 e. The van der Waals surface area contributed by atoms with Crippen LogP contribution in [0.25, 0.3) is 0 Å². The van der Waals surface area contributed by atoms with Crippen molar-refractivity contribution in [1.82, 2.24) is 4.90 Å². The Hall–Kier alpha value is -2.27. The second kappa shape index (κ2) is 8.61. The lowest BCUT2D eigenvalue weighted by Crippen LogP contribution is -2.43. The van der Waals surface area contributed by atoms with Gasteiger partial charge < -0.3 is 10.0 Å². The highest BCUT2D eigenvalue weighted by Crippen LogP contribution is 2.33. The summed E-state index contributed by atoms with van der Waals surface area (Å²) in [5, 5.41) is 9.55. The molecule has 1 amide bonds. The molecule has 0 saturated carbocycles. The smallest absolute Gasteiger partial charge is 0.326 e. The molecule has 2 aromatic rings. The number of hydrogen-bond acceptors (Lipinski definition) is 3. The van der Waals surface area contributed by atoms with Gasteiger partial charge in [0.15, 0.2) is 0 Å². The van der Waals surface area contributed by atoms with Crippen LogP contribution < -0.4 is 0 Å². The van der Waals surface area contributed by atoms with Gasteiger partial charge in [0.25, 0.3) is 0 Å². The first kappa shape index (κ1) is 19.5. The van der Waals surface area contributed by atoms with Gasteiger partial charge in [0, 0.05) is 24.1 Å². The second-order valence-electron chi connectivity index (χ2n) is 7.26. The van der Waals surface area contributed by atoms with Crippen molar-refractivity contribution >= 4 is 24.5 Å². The standard InChI is InChI=1S/C22H25NO3S/c1-15(14-27)21(24)23-13-19(12-20(23)22(25)26)18-9-7-17(8-10-18)11-16-5-3-2-4-6-16/h2-10,15,19-20,27H,11-14H2,1H3,(H,25,26)/t15?,19?,20-/m0/s1. The molecule has 142 valence electrons. The van der Waals surface area contributed by atoms with Crippen LogP contribution in [-0.2, 0) is 16.0 Å². The van der Waals surface area contributed by atoms with E-state index in [2.05, 4.69) is 49.0 Å². The van der Waals surface area contributed by atoms with E-state index in [1.807, 2.05) is 18.2 Å². The fourth-order valence-corrected chi connectivity index (χ4v) is 3.81. The molecular formula is C22H25NO3S. The Bertz CT molecular complexity index is 791. The molecule has 0 aliphatic carbocycles. The van der Waals surface area contributed by atoms with E-state index in [-0.39, 0.29) is 17.7 Å². The number of amides is 1. The zero-order valence-electron chi connectivity index (χ0n) is 15.4. The summed E-state index contributed by atoms with van der Waals surface area (Å²) in [6.45, 7) is 2.24. The number of aliphatic carboxylic acids is 1. The number of carboxylic acid groups (broad SMARTS) is 1. The van der Waals surface area contributed by atoms with Gasteiger partial charge in [-0.3, -0.25) is 4.79 Å². The van der Waals surface area contributed by atoms with Crippen molar-refractivity contribution in [3.8, 4) is 0 Å². The van der Waals surface area contributed by atoms with Crippen molar-refractivity contribution in [2.75, 3.05) is 12.3 Å². The van der Waals surface area contributed by atoms with Gasteiger partial charge in [0.2, 0.25) is 5.91 Å². The average molecular weight is 384 g/mol. The van der Waals surface area contributed by atoms with E-state index in [1.54, 1.807) is 6.92 Å². The van der Waals surface area contributed by atoms with Gasteiger partial charge in [-0.2, -0.15) is 12.6 Å². The third-order valence-electron chi connectivity index (χ3n) is 5.27. The quantitative estimate of drug-likeness (QED) is 0.749. The Balaban J connectivity index is 1.72. The lowest BCUT2D eigenvalue weighted by atomic mass is 9.94. The van der Waals surface area contributed by atoms with Crippen LogP contribution in [0.1, 0.15) is 36.0 Å². The van der Waals surface area contributed by atoms with Crippen molar-refractivity contribution < 1.29 is 14.7 Å².